The standard InChI is InChI=1S/C18H27BN2O2/c1-17(2)18(3,4)23-19(22-17)10-9-15-5-7-16(8-6-15)21-13-11-20-12-14-21/h5-10,20H,11-14H2,1-4H3. The van der Waals surface area contributed by atoms with Gasteiger partial charge in [-0.15, -0.1) is 0 Å². The molecule has 0 spiro atoms. The van der Waals surface area contributed by atoms with Gasteiger partial charge in [0, 0.05) is 31.9 Å². The van der Waals surface area contributed by atoms with Gasteiger partial charge in [-0.25, -0.2) is 0 Å². The maximum atomic E-state index is 5.98. The van der Waals surface area contributed by atoms with Gasteiger partial charge in [0.15, 0.2) is 0 Å². The van der Waals surface area contributed by atoms with Gasteiger partial charge in [-0.1, -0.05) is 24.2 Å². The Kier molecular flexibility index (Phi) is 4.54. The van der Waals surface area contributed by atoms with E-state index in [4.69, 9.17) is 9.31 Å². The van der Waals surface area contributed by atoms with Crippen molar-refractivity contribution in [2.75, 3.05) is 31.1 Å². The van der Waals surface area contributed by atoms with E-state index in [1.54, 1.807) is 0 Å². The molecule has 3 rings (SSSR count). The summed E-state index contributed by atoms with van der Waals surface area (Å²) in [6.45, 7) is 12.6. The summed E-state index contributed by atoms with van der Waals surface area (Å²) in [5.74, 6) is 2.00. The van der Waals surface area contributed by atoms with Crippen LogP contribution >= 0.6 is 0 Å². The molecule has 1 aromatic rings. The molecule has 2 aliphatic rings. The highest BCUT2D eigenvalue weighted by Gasteiger charge is 2.49. The summed E-state index contributed by atoms with van der Waals surface area (Å²) in [6, 6.07) is 8.68. The first kappa shape index (κ1) is 16.6. The Bertz CT molecular complexity index is 547. The van der Waals surface area contributed by atoms with Gasteiger partial charge in [0.2, 0.25) is 0 Å². The maximum Gasteiger partial charge on any atom is 0.487 e. The number of benzene rings is 1. The largest absolute Gasteiger partial charge is 0.487 e. The van der Waals surface area contributed by atoms with Gasteiger partial charge in [-0.05, 0) is 45.4 Å². The van der Waals surface area contributed by atoms with Crippen molar-refractivity contribution in [1.29, 1.82) is 0 Å². The molecule has 4 nitrogen and oxygen atoms in total. The first-order valence-corrected chi connectivity index (χ1v) is 8.47. The molecule has 5 heteroatoms. The van der Waals surface area contributed by atoms with Gasteiger partial charge in [-0.2, -0.15) is 0 Å². The van der Waals surface area contributed by atoms with Crippen molar-refractivity contribution in [3.8, 4) is 0 Å². The van der Waals surface area contributed by atoms with Crippen molar-refractivity contribution < 1.29 is 9.31 Å². The van der Waals surface area contributed by atoms with Crippen LogP contribution in [0.5, 0.6) is 0 Å². The molecule has 2 aliphatic heterocycles. The van der Waals surface area contributed by atoms with Crippen LogP contribution in [0.3, 0.4) is 0 Å². The molecule has 23 heavy (non-hydrogen) atoms. The lowest BCUT2D eigenvalue weighted by atomic mass is 9.89. The van der Waals surface area contributed by atoms with Crippen LogP contribution in [0, 0.1) is 0 Å². The molecule has 2 heterocycles. The molecular weight excluding hydrogens is 287 g/mol. The summed E-state index contributed by atoms with van der Waals surface area (Å²) in [5, 5.41) is 3.38. The van der Waals surface area contributed by atoms with E-state index in [0.717, 1.165) is 26.2 Å². The first-order valence-electron chi connectivity index (χ1n) is 8.47. The molecule has 2 fully saturated rings. The summed E-state index contributed by atoms with van der Waals surface area (Å²) < 4.78 is 12.0. The van der Waals surface area contributed by atoms with Gasteiger partial charge >= 0.3 is 7.12 Å². The molecule has 0 aliphatic carbocycles. The minimum atomic E-state index is -0.284. The lowest BCUT2D eigenvalue weighted by Crippen LogP contribution is -2.43. The Labute approximate surface area is 140 Å². The van der Waals surface area contributed by atoms with Gasteiger partial charge in [0.1, 0.15) is 0 Å². The highest BCUT2D eigenvalue weighted by atomic mass is 16.7. The lowest BCUT2D eigenvalue weighted by Gasteiger charge is -2.32. The Morgan fingerprint density at radius 3 is 2.13 bits per heavy atom. The summed E-state index contributed by atoms with van der Waals surface area (Å²) in [5.41, 5.74) is 1.89. The fourth-order valence-corrected chi connectivity index (χ4v) is 2.88. The molecule has 0 aromatic heterocycles. The lowest BCUT2D eigenvalue weighted by molar-refractivity contribution is 0.00578. The molecule has 124 valence electrons. The van der Waals surface area contributed by atoms with Crippen LogP contribution in [-0.4, -0.2) is 44.5 Å². The molecule has 0 atom stereocenters. The number of hydrogen-bond donors (Lipinski definition) is 1. The zero-order chi connectivity index (χ0) is 16.5. The van der Waals surface area contributed by atoms with Crippen molar-refractivity contribution >= 4 is 18.9 Å². The average Bonchev–Trinajstić information content (AvgIpc) is 2.74. The van der Waals surface area contributed by atoms with Crippen molar-refractivity contribution in [2.45, 2.75) is 38.9 Å². The zero-order valence-electron chi connectivity index (χ0n) is 14.6. The van der Waals surface area contributed by atoms with Crippen LogP contribution in [0.25, 0.3) is 6.08 Å². The van der Waals surface area contributed by atoms with Crippen LogP contribution in [0.4, 0.5) is 5.69 Å². The van der Waals surface area contributed by atoms with E-state index in [9.17, 15) is 0 Å². The molecule has 1 aromatic carbocycles. The van der Waals surface area contributed by atoms with Crippen molar-refractivity contribution in [1.82, 2.24) is 5.32 Å². The topological polar surface area (TPSA) is 33.7 Å². The van der Waals surface area contributed by atoms with E-state index in [2.05, 4.69) is 68.3 Å². The SMILES string of the molecule is CC1(C)OB(C=Cc2ccc(N3CCNCC3)cc2)OC1(C)C. The molecule has 0 saturated carbocycles. The van der Waals surface area contributed by atoms with Gasteiger partial charge in [-0.3, -0.25) is 0 Å². The average molecular weight is 314 g/mol. The number of rotatable bonds is 3. The number of nitrogens with one attached hydrogen (secondary N) is 1. The number of nitrogens with zero attached hydrogens (tertiary/aromatic N) is 1. The van der Waals surface area contributed by atoms with E-state index < -0.39 is 0 Å². The van der Waals surface area contributed by atoms with Gasteiger partial charge in [0.05, 0.1) is 11.2 Å². The second-order valence-electron chi connectivity index (χ2n) is 7.31. The van der Waals surface area contributed by atoms with E-state index >= 15 is 0 Å². The molecule has 0 radical (unpaired) electrons. The summed E-state index contributed by atoms with van der Waals surface area (Å²) >= 11 is 0. The predicted octanol–water partition coefficient (Wildman–Crippen LogP) is 2.74. The van der Waals surface area contributed by atoms with Crippen LogP contribution in [0.15, 0.2) is 30.2 Å². The van der Waals surface area contributed by atoms with E-state index in [-0.39, 0.29) is 18.3 Å². The van der Waals surface area contributed by atoms with E-state index in [1.807, 2.05) is 5.98 Å². The zero-order valence-corrected chi connectivity index (χ0v) is 14.6. The molecule has 2 saturated heterocycles. The normalized spacial score (nSPS) is 23.7. The summed E-state index contributed by atoms with van der Waals surface area (Å²) in [4.78, 5) is 2.41. The van der Waals surface area contributed by atoms with E-state index in [0.29, 0.717) is 0 Å². The Hall–Kier alpha value is -1.30. The van der Waals surface area contributed by atoms with Crippen LogP contribution in [0.1, 0.15) is 33.3 Å². The van der Waals surface area contributed by atoms with Crippen LogP contribution < -0.4 is 10.2 Å². The molecular formula is C18H27BN2O2. The van der Waals surface area contributed by atoms with Gasteiger partial charge < -0.3 is 19.5 Å². The Morgan fingerprint density at radius 1 is 1.00 bits per heavy atom. The summed E-state index contributed by atoms with van der Waals surface area (Å²) in [6.07, 6.45) is 2.07. The van der Waals surface area contributed by atoms with Crippen molar-refractivity contribution in [3.63, 3.8) is 0 Å². The smallest absolute Gasteiger partial charge is 0.400 e. The minimum absolute atomic E-state index is 0.284. The third kappa shape index (κ3) is 3.62. The minimum Gasteiger partial charge on any atom is -0.400 e. The van der Waals surface area contributed by atoms with E-state index in [1.165, 1.54) is 11.3 Å². The fraction of sp³-hybridized carbons (Fsp3) is 0.556. The number of hydrogen-bond acceptors (Lipinski definition) is 4. The number of piperazine rings is 1. The molecule has 1 N–H and O–H groups in total. The predicted molar refractivity (Wildman–Crippen MR) is 96.6 cm³/mol. The van der Waals surface area contributed by atoms with Crippen molar-refractivity contribution in [2.24, 2.45) is 0 Å². The monoisotopic (exact) mass is 314 g/mol. The maximum absolute atomic E-state index is 5.98. The van der Waals surface area contributed by atoms with Crippen LogP contribution in [-0.2, 0) is 9.31 Å². The van der Waals surface area contributed by atoms with Crippen molar-refractivity contribution in [3.05, 3.63) is 35.8 Å². The molecule has 0 unspecified atom stereocenters. The second-order valence-corrected chi connectivity index (χ2v) is 7.31. The second kappa shape index (κ2) is 6.31. The Morgan fingerprint density at radius 2 is 1.57 bits per heavy atom. The van der Waals surface area contributed by atoms with Crippen LogP contribution in [0.2, 0.25) is 0 Å². The third-order valence-corrected chi connectivity index (χ3v) is 5.09. The molecule has 0 bridgehead atoms. The quantitative estimate of drug-likeness (QED) is 0.870. The first-order chi connectivity index (χ1) is 10.9. The highest BCUT2D eigenvalue weighted by Crippen LogP contribution is 2.37. The Balaban J connectivity index is 1.62. The molecule has 0 amide bonds. The summed E-state index contributed by atoms with van der Waals surface area (Å²) in [7, 11) is -0.284. The fourth-order valence-electron chi connectivity index (χ4n) is 2.88. The number of anilines is 1. The van der Waals surface area contributed by atoms with Gasteiger partial charge in [0.25, 0.3) is 0 Å². The third-order valence-electron chi connectivity index (χ3n) is 5.09. The highest BCUT2D eigenvalue weighted by molar-refractivity contribution is 6.52.